The van der Waals surface area contributed by atoms with Gasteiger partial charge in [-0.25, -0.2) is 0 Å². The molecule has 0 bridgehead atoms. The number of rotatable bonds is 1. The van der Waals surface area contributed by atoms with Crippen LogP contribution in [0.25, 0.3) is 11.3 Å². The van der Waals surface area contributed by atoms with Gasteiger partial charge in [0.1, 0.15) is 5.15 Å². The Morgan fingerprint density at radius 3 is 2.43 bits per heavy atom. The van der Waals surface area contributed by atoms with Gasteiger partial charge in [-0.3, -0.25) is 4.79 Å². The molecule has 1 heterocycles. The number of benzene rings is 1. The van der Waals surface area contributed by atoms with Gasteiger partial charge in [0.25, 0.3) is 0 Å². The summed E-state index contributed by atoms with van der Waals surface area (Å²) in [5, 5.41) is 0.358. The molecule has 0 amide bonds. The van der Waals surface area contributed by atoms with E-state index in [4.69, 9.17) is 11.6 Å². The fourth-order valence-electron chi connectivity index (χ4n) is 1.28. The van der Waals surface area contributed by atoms with Gasteiger partial charge in [-0.05, 0) is 5.56 Å². The van der Waals surface area contributed by atoms with Crippen molar-refractivity contribution in [3.05, 3.63) is 57.8 Å². The van der Waals surface area contributed by atoms with Crippen LogP contribution in [0.5, 0.6) is 0 Å². The van der Waals surface area contributed by atoms with Gasteiger partial charge in [0.05, 0.1) is 5.69 Å². The molecular formula is C11H8ClNO. The predicted octanol–water partition coefficient (Wildman–Crippen LogP) is 2.70. The van der Waals surface area contributed by atoms with Crippen LogP contribution < -0.4 is 5.43 Å². The van der Waals surface area contributed by atoms with E-state index in [1.54, 1.807) is 0 Å². The van der Waals surface area contributed by atoms with E-state index in [1.165, 1.54) is 12.1 Å². The van der Waals surface area contributed by atoms with Crippen LogP contribution in [0.1, 0.15) is 0 Å². The zero-order valence-corrected chi connectivity index (χ0v) is 8.08. The second-order valence-corrected chi connectivity index (χ2v) is 3.35. The number of hydrogen-bond acceptors (Lipinski definition) is 1. The van der Waals surface area contributed by atoms with E-state index >= 15 is 0 Å². The fraction of sp³-hybridized carbons (Fsp3) is 0. The number of aromatic nitrogens is 1. The molecule has 14 heavy (non-hydrogen) atoms. The van der Waals surface area contributed by atoms with E-state index in [0.29, 0.717) is 5.15 Å². The molecule has 3 heteroatoms. The highest BCUT2D eigenvalue weighted by molar-refractivity contribution is 6.29. The third-order valence-electron chi connectivity index (χ3n) is 1.89. The van der Waals surface area contributed by atoms with E-state index in [2.05, 4.69) is 4.98 Å². The maximum absolute atomic E-state index is 11.2. The van der Waals surface area contributed by atoms with Gasteiger partial charge in [-0.1, -0.05) is 41.9 Å². The van der Waals surface area contributed by atoms with E-state index in [0.717, 1.165) is 11.3 Å². The van der Waals surface area contributed by atoms with Crippen molar-refractivity contribution in [3.8, 4) is 11.3 Å². The highest BCUT2D eigenvalue weighted by Gasteiger charge is 1.99. The van der Waals surface area contributed by atoms with Crippen molar-refractivity contribution in [2.75, 3.05) is 0 Å². The minimum Gasteiger partial charge on any atom is -0.345 e. The maximum Gasteiger partial charge on any atom is 0.183 e. The van der Waals surface area contributed by atoms with Crippen molar-refractivity contribution in [1.82, 2.24) is 4.98 Å². The molecule has 0 aliphatic carbocycles. The number of H-pyrrole nitrogens is 1. The lowest BCUT2D eigenvalue weighted by Gasteiger charge is -2.01. The smallest absolute Gasteiger partial charge is 0.183 e. The summed E-state index contributed by atoms with van der Waals surface area (Å²) < 4.78 is 0. The molecule has 1 aromatic carbocycles. The average molecular weight is 206 g/mol. The lowest BCUT2D eigenvalue weighted by Crippen LogP contribution is -1.99. The topological polar surface area (TPSA) is 32.9 Å². The minimum absolute atomic E-state index is 0.0902. The van der Waals surface area contributed by atoms with Crippen molar-refractivity contribution >= 4 is 11.6 Å². The molecule has 0 fully saturated rings. The molecular weight excluding hydrogens is 198 g/mol. The molecule has 70 valence electrons. The second kappa shape index (κ2) is 3.68. The molecule has 2 aromatic rings. The predicted molar refractivity (Wildman–Crippen MR) is 57.5 cm³/mol. The van der Waals surface area contributed by atoms with Crippen LogP contribution >= 0.6 is 11.6 Å². The number of pyridine rings is 1. The van der Waals surface area contributed by atoms with Gasteiger partial charge in [0.15, 0.2) is 5.43 Å². The van der Waals surface area contributed by atoms with E-state index < -0.39 is 0 Å². The monoisotopic (exact) mass is 205 g/mol. The normalized spacial score (nSPS) is 10.1. The minimum atomic E-state index is -0.0902. The first-order valence-electron chi connectivity index (χ1n) is 4.21. The molecule has 2 rings (SSSR count). The maximum atomic E-state index is 11.2. The largest absolute Gasteiger partial charge is 0.345 e. The van der Waals surface area contributed by atoms with Crippen molar-refractivity contribution in [2.24, 2.45) is 0 Å². The summed E-state index contributed by atoms with van der Waals surface area (Å²) >= 11 is 5.74. The second-order valence-electron chi connectivity index (χ2n) is 2.94. The summed E-state index contributed by atoms with van der Waals surface area (Å²) in [7, 11) is 0. The molecule has 1 aromatic heterocycles. The van der Waals surface area contributed by atoms with Crippen LogP contribution in [0.3, 0.4) is 0 Å². The first-order valence-corrected chi connectivity index (χ1v) is 4.59. The average Bonchev–Trinajstić information content (AvgIpc) is 2.18. The van der Waals surface area contributed by atoms with Gasteiger partial charge in [-0.2, -0.15) is 0 Å². The van der Waals surface area contributed by atoms with Gasteiger partial charge in [0, 0.05) is 12.1 Å². The summed E-state index contributed by atoms with van der Waals surface area (Å²) in [6.07, 6.45) is 0. The van der Waals surface area contributed by atoms with Crippen molar-refractivity contribution in [1.29, 1.82) is 0 Å². The molecule has 0 spiro atoms. The Hall–Kier alpha value is -1.54. The quantitative estimate of drug-likeness (QED) is 0.714. The van der Waals surface area contributed by atoms with Crippen LogP contribution in [0.15, 0.2) is 47.3 Å². The Balaban J connectivity index is 2.58. The molecule has 0 atom stereocenters. The first-order chi connectivity index (χ1) is 6.75. The van der Waals surface area contributed by atoms with Crippen LogP contribution in [-0.4, -0.2) is 4.98 Å². The van der Waals surface area contributed by atoms with Crippen LogP contribution in [0, 0.1) is 0 Å². The summed E-state index contributed by atoms with van der Waals surface area (Å²) in [5.41, 5.74) is 1.60. The molecule has 1 N–H and O–H groups in total. The molecule has 0 aliphatic rings. The molecule has 2 nitrogen and oxygen atoms in total. The molecule has 0 radical (unpaired) electrons. The van der Waals surface area contributed by atoms with Crippen molar-refractivity contribution < 1.29 is 0 Å². The number of hydrogen-bond donors (Lipinski definition) is 1. The first kappa shape index (κ1) is 9.03. The summed E-state index contributed by atoms with van der Waals surface area (Å²) in [6.45, 7) is 0. The summed E-state index contributed by atoms with van der Waals surface area (Å²) in [5.74, 6) is 0. The van der Waals surface area contributed by atoms with Gasteiger partial charge >= 0.3 is 0 Å². The SMILES string of the molecule is O=c1cc(Cl)[nH]c(-c2ccccc2)c1. The number of nitrogens with one attached hydrogen (secondary N) is 1. The molecule has 0 saturated heterocycles. The Morgan fingerprint density at radius 1 is 1.07 bits per heavy atom. The lowest BCUT2D eigenvalue weighted by molar-refractivity contribution is 1.30. The lowest BCUT2D eigenvalue weighted by atomic mass is 10.1. The summed E-state index contributed by atoms with van der Waals surface area (Å²) in [6, 6.07) is 12.5. The highest BCUT2D eigenvalue weighted by Crippen LogP contribution is 2.15. The van der Waals surface area contributed by atoms with Crippen molar-refractivity contribution in [2.45, 2.75) is 0 Å². The Morgan fingerprint density at radius 2 is 1.79 bits per heavy atom. The zero-order chi connectivity index (χ0) is 9.97. The van der Waals surface area contributed by atoms with Crippen LogP contribution in [0.4, 0.5) is 0 Å². The molecule has 0 unspecified atom stereocenters. The fourth-order valence-corrected chi connectivity index (χ4v) is 1.49. The highest BCUT2D eigenvalue weighted by atomic mass is 35.5. The molecule has 0 saturated carbocycles. The van der Waals surface area contributed by atoms with Crippen LogP contribution in [0.2, 0.25) is 5.15 Å². The standard InChI is InChI=1S/C11H8ClNO/c12-11-7-9(14)6-10(13-11)8-4-2-1-3-5-8/h1-7H,(H,13,14). The van der Waals surface area contributed by atoms with Gasteiger partial charge in [0.2, 0.25) is 0 Å². The molecule has 0 aliphatic heterocycles. The van der Waals surface area contributed by atoms with E-state index in [1.807, 2.05) is 30.3 Å². The zero-order valence-electron chi connectivity index (χ0n) is 7.33. The van der Waals surface area contributed by atoms with Crippen LogP contribution in [-0.2, 0) is 0 Å². The van der Waals surface area contributed by atoms with Crippen molar-refractivity contribution in [3.63, 3.8) is 0 Å². The van der Waals surface area contributed by atoms with E-state index in [-0.39, 0.29) is 5.43 Å². The Kier molecular flexibility index (Phi) is 2.37. The van der Waals surface area contributed by atoms with E-state index in [9.17, 15) is 4.79 Å². The summed E-state index contributed by atoms with van der Waals surface area (Å²) in [4.78, 5) is 14.1. The third-order valence-corrected chi connectivity index (χ3v) is 2.10. The number of halogens is 1. The Bertz CT molecular complexity index is 490. The van der Waals surface area contributed by atoms with Gasteiger partial charge in [-0.15, -0.1) is 0 Å². The third kappa shape index (κ3) is 1.86. The number of aromatic amines is 1. The van der Waals surface area contributed by atoms with Gasteiger partial charge < -0.3 is 4.98 Å². The Labute approximate surface area is 86.2 Å².